The van der Waals surface area contributed by atoms with E-state index in [1.54, 1.807) is 0 Å². The van der Waals surface area contributed by atoms with Gasteiger partial charge in [-0.3, -0.25) is 4.79 Å². The minimum absolute atomic E-state index is 0.0192. The maximum absolute atomic E-state index is 11.4. The molecule has 0 spiro atoms. The molecule has 0 heterocycles. The Kier molecular flexibility index (Phi) is 8.66. The SMILES string of the molecule is C=CC(=O)OCCCC(=O)CCS(=O)(=O)CCCl. The van der Waals surface area contributed by atoms with E-state index in [2.05, 4.69) is 11.3 Å². The first-order chi connectivity index (χ1) is 8.41. The van der Waals surface area contributed by atoms with Gasteiger partial charge in [0.15, 0.2) is 9.84 Å². The fourth-order valence-electron chi connectivity index (χ4n) is 1.11. The van der Waals surface area contributed by atoms with Crippen molar-refractivity contribution in [3.8, 4) is 0 Å². The van der Waals surface area contributed by atoms with Gasteiger partial charge in [0.05, 0.1) is 18.1 Å². The Morgan fingerprint density at radius 2 is 1.89 bits per heavy atom. The Balaban J connectivity index is 3.73. The third kappa shape index (κ3) is 9.18. The number of halogens is 1. The smallest absolute Gasteiger partial charge is 0.330 e. The van der Waals surface area contributed by atoms with Crippen LogP contribution in [0.4, 0.5) is 0 Å². The largest absolute Gasteiger partial charge is 0.463 e. The molecule has 0 saturated carbocycles. The zero-order valence-electron chi connectivity index (χ0n) is 10.1. The Bertz CT molecular complexity index is 388. The molecule has 0 saturated heterocycles. The lowest BCUT2D eigenvalue weighted by molar-refractivity contribution is -0.138. The molecule has 0 aromatic heterocycles. The van der Waals surface area contributed by atoms with E-state index >= 15 is 0 Å². The number of sulfone groups is 1. The van der Waals surface area contributed by atoms with Crippen LogP contribution in [0.15, 0.2) is 12.7 Å². The molecule has 0 aliphatic heterocycles. The van der Waals surface area contributed by atoms with E-state index in [9.17, 15) is 18.0 Å². The topological polar surface area (TPSA) is 77.5 Å². The Morgan fingerprint density at radius 1 is 1.22 bits per heavy atom. The highest BCUT2D eigenvalue weighted by Gasteiger charge is 2.12. The molecule has 0 aromatic carbocycles. The van der Waals surface area contributed by atoms with Crippen molar-refractivity contribution in [2.24, 2.45) is 0 Å². The lowest BCUT2D eigenvalue weighted by Crippen LogP contribution is -2.15. The molecule has 0 aromatic rings. The molecular formula is C11H17ClO5S. The zero-order chi connectivity index (χ0) is 14.0. The number of hydrogen-bond acceptors (Lipinski definition) is 5. The number of carbonyl (C=O) groups is 2. The third-order valence-corrected chi connectivity index (χ3v) is 4.16. The Morgan fingerprint density at radius 3 is 2.44 bits per heavy atom. The van der Waals surface area contributed by atoms with Crippen LogP contribution in [-0.4, -0.2) is 44.2 Å². The van der Waals surface area contributed by atoms with Gasteiger partial charge >= 0.3 is 5.97 Å². The molecule has 0 fully saturated rings. The highest BCUT2D eigenvalue weighted by molar-refractivity contribution is 7.91. The second-order valence-electron chi connectivity index (χ2n) is 3.60. The molecule has 18 heavy (non-hydrogen) atoms. The maximum atomic E-state index is 11.4. The van der Waals surface area contributed by atoms with Gasteiger partial charge in [0.1, 0.15) is 5.78 Å². The molecule has 7 heteroatoms. The predicted molar refractivity (Wildman–Crippen MR) is 69.4 cm³/mol. The molecule has 0 N–H and O–H groups in total. The van der Waals surface area contributed by atoms with Crippen molar-refractivity contribution in [1.82, 2.24) is 0 Å². The van der Waals surface area contributed by atoms with Gasteiger partial charge in [-0.25, -0.2) is 13.2 Å². The summed E-state index contributed by atoms with van der Waals surface area (Å²) < 4.78 is 27.2. The lowest BCUT2D eigenvalue weighted by Gasteiger charge is -2.03. The molecule has 5 nitrogen and oxygen atoms in total. The number of ketones is 1. The van der Waals surface area contributed by atoms with Gasteiger partial charge in [-0.1, -0.05) is 6.58 Å². The van der Waals surface area contributed by atoms with Crippen LogP contribution in [0, 0.1) is 0 Å². The second-order valence-corrected chi connectivity index (χ2v) is 6.29. The summed E-state index contributed by atoms with van der Waals surface area (Å²) in [6.45, 7) is 3.36. The van der Waals surface area contributed by atoms with Crippen molar-refractivity contribution in [1.29, 1.82) is 0 Å². The van der Waals surface area contributed by atoms with Gasteiger partial charge < -0.3 is 4.74 Å². The van der Waals surface area contributed by atoms with Crippen LogP contribution in [-0.2, 0) is 24.2 Å². The number of carbonyl (C=O) groups excluding carboxylic acids is 2. The first-order valence-corrected chi connectivity index (χ1v) is 7.84. The average Bonchev–Trinajstić information content (AvgIpc) is 2.32. The summed E-state index contributed by atoms with van der Waals surface area (Å²) in [7, 11) is -3.23. The molecule has 0 atom stereocenters. The lowest BCUT2D eigenvalue weighted by atomic mass is 10.2. The molecule has 0 bridgehead atoms. The monoisotopic (exact) mass is 296 g/mol. The Hall–Kier alpha value is -0.880. The van der Waals surface area contributed by atoms with Crippen LogP contribution in [0.2, 0.25) is 0 Å². The number of ether oxygens (including phenoxy) is 1. The number of rotatable bonds is 10. The van der Waals surface area contributed by atoms with E-state index in [0.29, 0.717) is 6.42 Å². The van der Waals surface area contributed by atoms with Gasteiger partial charge in [0, 0.05) is 24.8 Å². The van der Waals surface area contributed by atoms with Crippen LogP contribution in [0.5, 0.6) is 0 Å². The average molecular weight is 297 g/mol. The molecule has 104 valence electrons. The summed E-state index contributed by atoms with van der Waals surface area (Å²) in [5.41, 5.74) is 0. The summed E-state index contributed by atoms with van der Waals surface area (Å²) in [4.78, 5) is 22.0. The van der Waals surface area contributed by atoms with Crippen molar-refractivity contribution < 1.29 is 22.7 Å². The summed E-state index contributed by atoms with van der Waals surface area (Å²) in [6.07, 6.45) is 1.60. The van der Waals surface area contributed by atoms with Crippen molar-refractivity contribution in [3.05, 3.63) is 12.7 Å². The van der Waals surface area contributed by atoms with E-state index in [1.807, 2.05) is 0 Å². The van der Waals surface area contributed by atoms with Crippen LogP contribution >= 0.6 is 11.6 Å². The quantitative estimate of drug-likeness (QED) is 0.261. The fourth-order valence-corrected chi connectivity index (χ4v) is 2.80. The van der Waals surface area contributed by atoms with Gasteiger partial charge in [0.25, 0.3) is 0 Å². The van der Waals surface area contributed by atoms with Gasteiger partial charge in [-0.05, 0) is 6.42 Å². The minimum atomic E-state index is -3.23. The number of esters is 1. The van der Waals surface area contributed by atoms with Gasteiger partial charge in [-0.15, -0.1) is 11.6 Å². The van der Waals surface area contributed by atoms with Crippen molar-refractivity contribution >= 4 is 33.2 Å². The Labute approximate surface area is 112 Å². The predicted octanol–water partition coefficient (Wildman–Crippen LogP) is 1.11. The molecule has 0 aliphatic rings. The first-order valence-electron chi connectivity index (χ1n) is 5.48. The van der Waals surface area contributed by atoms with Crippen LogP contribution in [0.25, 0.3) is 0 Å². The normalized spacial score (nSPS) is 10.9. The molecule has 0 rings (SSSR count). The van der Waals surface area contributed by atoms with Crippen LogP contribution < -0.4 is 0 Å². The summed E-state index contributed by atoms with van der Waals surface area (Å²) in [5, 5.41) is 0. The van der Waals surface area contributed by atoms with E-state index in [-0.39, 0.29) is 42.6 Å². The summed E-state index contributed by atoms with van der Waals surface area (Å²) in [6, 6.07) is 0. The van der Waals surface area contributed by atoms with E-state index in [0.717, 1.165) is 6.08 Å². The maximum Gasteiger partial charge on any atom is 0.330 e. The molecule has 0 unspecified atom stereocenters. The zero-order valence-corrected chi connectivity index (χ0v) is 11.6. The van der Waals surface area contributed by atoms with E-state index < -0.39 is 15.8 Å². The molecule has 0 aliphatic carbocycles. The first kappa shape index (κ1) is 17.1. The molecule has 0 amide bonds. The summed E-state index contributed by atoms with van der Waals surface area (Å²) >= 11 is 5.33. The van der Waals surface area contributed by atoms with Crippen LogP contribution in [0.1, 0.15) is 19.3 Å². The molecule has 0 radical (unpaired) electrons. The van der Waals surface area contributed by atoms with Crippen molar-refractivity contribution in [3.63, 3.8) is 0 Å². The number of Topliss-reactive ketones (excluding diaryl/α,β-unsaturated/α-hetero) is 1. The number of alkyl halides is 1. The molecular weight excluding hydrogens is 280 g/mol. The van der Waals surface area contributed by atoms with Crippen molar-refractivity contribution in [2.75, 3.05) is 24.0 Å². The highest BCUT2D eigenvalue weighted by Crippen LogP contribution is 2.01. The number of hydrogen-bond donors (Lipinski definition) is 0. The fraction of sp³-hybridized carbons (Fsp3) is 0.636. The van der Waals surface area contributed by atoms with E-state index in [4.69, 9.17) is 11.6 Å². The standard InChI is InChI=1S/C11H17ClO5S/c1-2-11(14)17-7-3-4-10(13)5-8-18(15,16)9-6-12/h2H,1,3-9H2. The highest BCUT2D eigenvalue weighted by atomic mass is 35.5. The second kappa shape index (κ2) is 9.10. The van der Waals surface area contributed by atoms with Crippen LogP contribution in [0.3, 0.4) is 0 Å². The van der Waals surface area contributed by atoms with Gasteiger partial charge in [-0.2, -0.15) is 0 Å². The van der Waals surface area contributed by atoms with Crippen molar-refractivity contribution in [2.45, 2.75) is 19.3 Å². The summed E-state index contributed by atoms with van der Waals surface area (Å²) in [5.74, 6) is -0.951. The van der Waals surface area contributed by atoms with E-state index in [1.165, 1.54) is 0 Å². The minimum Gasteiger partial charge on any atom is -0.463 e. The third-order valence-electron chi connectivity index (χ3n) is 2.09. The van der Waals surface area contributed by atoms with Gasteiger partial charge in [0.2, 0.25) is 0 Å².